The molecular weight excluding hydrogens is 275 g/mol. The maximum Gasteiger partial charge on any atom is 0.417 e. The van der Waals surface area contributed by atoms with Gasteiger partial charge in [-0.2, -0.15) is 13.2 Å². The molecule has 0 N–H and O–H groups in total. The highest BCUT2D eigenvalue weighted by Gasteiger charge is 2.35. The van der Waals surface area contributed by atoms with E-state index in [1.165, 1.54) is 20.8 Å². The molecule has 7 heteroatoms. The zero-order chi connectivity index (χ0) is 15.7. The van der Waals surface area contributed by atoms with Gasteiger partial charge in [0.05, 0.1) is 18.2 Å². The molecule has 1 aromatic heterocycles. The van der Waals surface area contributed by atoms with Gasteiger partial charge >= 0.3 is 12.1 Å². The number of ether oxygens (including phenoxy) is 1. The molecule has 0 spiro atoms. The second-order valence-corrected chi connectivity index (χ2v) is 5.19. The number of aromatic nitrogens is 1. The molecule has 0 aromatic carbocycles. The lowest BCUT2D eigenvalue weighted by Gasteiger charge is -2.19. The highest BCUT2D eigenvalue weighted by Crippen LogP contribution is 2.31. The van der Waals surface area contributed by atoms with Crippen LogP contribution >= 0.6 is 0 Å². The fraction of sp³-hybridized carbons (Fsp3) is 0.462. The maximum atomic E-state index is 12.7. The number of rotatable bonds is 2. The first kappa shape index (κ1) is 16.1. The van der Waals surface area contributed by atoms with Crippen molar-refractivity contribution in [2.45, 2.75) is 26.9 Å². The predicted molar refractivity (Wildman–Crippen MR) is 64.4 cm³/mol. The summed E-state index contributed by atoms with van der Waals surface area (Å²) in [4.78, 5) is 27.1. The molecule has 4 nitrogen and oxygen atoms in total. The Morgan fingerprint density at radius 1 is 1.20 bits per heavy atom. The molecule has 1 rings (SSSR count). The smallest absolute Gasteiger partial charge is 0.417 e. The zero-order valence-corrected chi connectivity index (χ0v) is 11.5. The quantitative estimate of drug-likeness (QED) is 0.620. The van der Waals surface area contributed by atoms with Gasteiger partial charge < -0.3 is 4.74 Å². The van der Waals surface area contributed by atoms with Gasteiger partial charge in [0.2, 0.25) is 0 Å². The second-order valence-electron chi connectivity index (χ2n) is 5.19. The number of hydrogen-bond donors (Lipinski definition) is 0. The predicted octanol–water partition coefficient (Wildman–Crippen LogP) is 3.12. The summed E-state index contributed by atoms with van der Waals surface area (Å²) in [6.07, 6.45) is -4.14. The average molecular weight is 289 g/mol. The number of alkyl halides is 3. The lowest BCUT2D eigenvalue weighted by molar-refractivity contribution is -0.137. The summed E-state index contributed by atoms with van der Waals surface area (Å²) in [5, 5.41) is 0. The van der Waals surface area contributed by atoms with Crippen LogP contribution in [0.15, 0.2) is 12.3 Å². The minimum atomic E-state index is -4.64. The molecule has 0 aliphatic heterocycles. The number of halogens is 3. The Morgan fingerprint density at radius 2 is 1.75 bits per heavy atom. The van der Waals surface area contributed by atoms with E-state index >= 15 is 0 Å². The van der Waals surface area contributed by atoms with Gasteiger partial charge in [-0.15, -0.1) is 0 Å². The first-order chi connectivity index (χ1) is 8.98. The molecule has 110 valence electrons. The topological polar surface area (TPSA) is 56.3 Å². The normalized spacial score (nSPS) is 12.2. The van der Waals surface area contributed by atoms with Crippen molar-refractivity contribution in [2.75, 3.05) is 7.11 Å². The molecule has 0 saturated carbocycles. The van der Waals surface area contributed by atoms with E-state index in [1.54, 1.807) is 0 Å². The van der Waals surface area contributed by atoms with Crippen LogP contribution in [0.25, 0.3) is 0 Å². The SMILES string of the molecule is COC(=O)c1ncc(C(F)(F)F)cc1C(=O)C(C)(C)C. The van der Waals surface area contributed by atoms with E-state index < -0.39 is 34.6 Å². The summed E-state index contributed by atoms with van der Waals surface area (Å²) in [7, 11) is 1.06. The van der Waals surface area contributed by atoms with Gasteiger partial charge in [0, 0.05) is 11.6 Å². The Morgan fingerprint density at radius 3 is 2.15 bits per heavy atom. The third-order valence-electron chi connectivity index (χ3n) is 2.52. The molecule has 0 aliphatic rings. The van der Waals surface area contributed by atoms with Crippen LogP contribution in [0, 0.1) is 5.41 Å². The van der Waals surface area contributed by atoms with Gasteiger partial charge in [0.15, 0.2) is 11.5 Å². The van der Waals surface area contributed by atoms with E-state index in [1.807, 2.05) is 0 Å². The zero-order valence-electron chi connectivity index (χ0n) is 11.5. The first-order valence-corrected chi connectivity index (χ1v) is 5.69. The van der Waals surface area contributed by atoms with Crippen LogP contribution in [0.2, 0.25) is 0 Å². The van der Waals surface area contributed by atoms with Crippen molar-refractivity contribution in [1.29, 1.82) is 0 Å². The van der Waals surface area contributed by atoms with Gasteiger partial charge in [0.25, 0.3) is 0 Å². The molecule has 1 aromatic rings. The molecule has 0 amide bonds. The number of nitrogens with zero attached hydrogens (tertiary/aromatic N) is 1. The molecule has 0 atom stereocenters. The Hall–Kier alpha value is -1.92. The summed E-state index contributed by atoms with van der Waals surface area (Å²) in [5.74, 6) is -1.57. The van der Waals surface area contributed by atoms with Crippen molar-refractivity contribution in [1.82, 2.24) is 4.98 Å². The van der Waals surface area contributed by atoms with Gasteiger partial charge in [-0.3, -0.25) is 4.79 Å². The number of carbonyl (C=O) groups excluding carboxylic acids is 2. The number of ketones is 1. The number of carbonyl (C=O) groups is 2. The summed E-state index contributed by atoms with van der Waals surface area (Å²) >= 11 is 0. The highest BCUT2D eigenvalue weighted by molar-refractivity contribution is 6.07. The first-order valence-electron chi connectivity index (χ1n) is 5.69. The fourth-order valence-corrected chi connectivity index (χ4v) is 1.46. The number of pyridine rings is 1. The molecule has 0 aliphatic carbocycles. The summed E-state index contributed by atoms with van der Waals surface area (Å²) in [6.45, 7) is 4.62. The van der Waals surface area contributed by atoms with Crippen molar-refractivity contribution in [3.63, 3.8) is 0 Å². The van der Waals surface area contributed by atoms with Crippen LogP contribution in [0.4, 0.5) is 13.2 Å². The van der Waals surface area contributed by atoms with Crippen molar-refractivity contribution in [2.24, 2.45) is 5.41 Å². The average Bonchev–Trinajstić information content (AvgIpc) is 2.34. The van der Waals surface area contributed by atoms with E-state index in [2.05, 4.69) is 9.72 Å². The van der Waals surface area contributed by atoms with Crippen molar-refractivity contribution < 1.29 is 27.5 Å². The largest absolute Gasteiger partial charge is 0.464 e. The molecule has 0 unspecified atom stereocenters. The van der Waals surface area contributed by atoms with Crippen molar-refractivity contribution in [3.8, 4) is 0 Å². The molecule has 1 heterocycles. The van der Waals surface area contributed by atoms with E-state index in [9.17, 15) is 22.8 Å². The third-order valence-corrected chi connectivity index (χ3v) is 2.52. The lowest BCUT2D eigenvalue weighted by atomic mass is 9.85. The van der Waals surface area contributed by atoms with Gasteiger partial charge in [-0.1, -0.05) is 20.8 Å². The number of esters is 1. The number of Topliss-reactive ketones (excluding diaryl/α,β-unsaturated/α-hetero) is 1. The van der Waals surface area contributed by atoms with Crippen LogP contribution in [0.5, 0.6) is 0 Å². The fourth-order valence-electron chi connectivity index (χ4n) is 1.46. The third kappa shape index (κ3) is 3.34. The summed E-state index contributed by atoms with van der Waals surface area (Å²) in [5.41, 5.74) is -2.84. The summed E-state index contributed by atoms with van der Waals surface area (Å²) in [6, 6.07) is 0.632. The van der Waals surface area contributed by atoms with Gasteiger partial charge in [0.1, 0.15) is 0 Å². The Kier molecular flexibility index (Phi) is 4.21. The highest BCUT2D eigenvalue weighted by atomic mass is 19.4. The number of hydrogen-bond acceptors (Lipinski definition) is 4. The summed E-state index contributed by atoms with van der Waals surface area (Å²) < 4.78 is 42.5. The van der Waals surface area contributed by atoms with Crippen molar-refractivity contribution >= 4 is 11.8 Å². The van der Waals surface area contributed by atoms with Crippen LogP contribution in [0.3, 0.4) is 0 Å². The van der Waals surface area contributed by atoms with Crippen LogP contribution in [0.1, 0.15) is 47.2 Å². The lowest BCUT2D eigenvalue weighted by Crippen LogP contribution is -2.25. The monoisotopic (exact) mass is 289 g/mol. The molecule has 0 radical (unpaired) electrons. The van der Waals surface area contributed by atoms with E-state index in [-0.39, 0.29) is 5.56 Å². The maximum absolute atomic E-state index is 12.7. The Balaban J connectivity index is 3.50. The Bertz CT molecular complexity index is 545. The Labute approximate surface area is 114 Å². The van der Waals surface area contributed by atoms with E-state index in [0.717, 1.165) is 7.11 Å². The van der Waals surface area contributed by atoms with E-state index in [4.69, 9.17) is 0 Å². The molecular formula is C13H14F3NO3. The standard InChI is InChI=1S/C13H14F3NO3/c1-12(2,3)10(18)8-5-7(13(14,15)16)6-17-9(8)11(19)20-4/h5-6H,1-4H3. The van der Waals surface area contributed by atoms with Crippen LogP contribution < -0.4 is 0 Å². The van der Waals surface area contributed by atoms with Gasteiger partial charge in [-0.25, -0.2) is 9.78 Å². The minimum Gasteiger partial charge on any atom is -0.464 e. The van der Waals surface area contributed by atoms with Gasteiger partial charge in [-0.05, 0) is 6.07 Å². The van der Waals surface area contributed by atoms with Crippen molar-refractivity contribution in [3.05, 3.63) is 29.1 Å². The second kappa shape index (κ2) is 5.22. The molecule has 0 fully saturated rings. The minimum absolute atomic E-state index is 0.390. The van der Waals surface area contributed by atoms with Crippen LogP contribution in [-0.2, 0) is 10.9 Å². The molecule has 0 saturated heterocycles. The van der Waals surface area contributed by atoms with E-state index in [0.29, 0.717) is 12.3 Å². The molecule has 0 bridgehead atoms. The number of methoxy groups -OCH3 is 1. The van der Waals surface area contributed by atoms with Crippen LogP contribution in [-0.4, -0.2) is 23.8 Å². The molecule has 20 heavy (non-hydrogen) atoms.